The van der Waals surface area contributed by atoms with E-state index in [2.05, 4.69) is 20.2 Å². The maximum absolute atomic E-state index is 12.5. The molecule has 2 N–H and O–H groups in total. The number of rotatable bonds is 4. The molecule has 2 aromatic rings. The van der Waals surface area contributed by atoms with Crippen LogP contribution in [0.2, 0.25) is 0 Å². The lowest BCUT2D eigenvalue weighted by Gasteiger charge is -2.10. The summed E-state index contributed by atoms with van der Waals surface area (Å²) in [5.41, 5.74) is 0.619. The number of hydrogen-bond acceptors (Lipinski definition) is 6. The van der Waals surface area contributed by atoms with Crippen molar-refractivity contribution >= 4 is 27.5 Å². The number of sulfonamides is 1. The van der Waals surface area contributed by atoms with Crippen LogP contribution in [0.1, 0.15) is 41.9 Å². The van der Waals surface area contributed by atoms with E-state index in [0.29, 0.717) is 30.2 Å². The Morgan fingerprint density at radius 2 is 1.92 bits per heavy atom. The van der Waals surface area contributed by atoms with Gasteiger partial charge in [0.25, 0.3) is 15.9 Å². The zero-order valence-electron chi connectivity index (χ0n) is 14.4. The van der Waals surface area contributed by atoms with Gasteiger partial charge in [0, 0.05) is 24.7 Å². The highest BCUT2D eigenvalue weighted by Crippen LogP contribution is 2.16. The molecule has 26 heavy (non-hydrogen) atoms. The number of aryl methyl sites for hydroxylation is 1. The molecule has 0 saturated heterocycles. The minimum atomic E-state index is -3.69. The molecule has 0 atom stereocenters. The Labute approximate surface area is 151 Å². The van der Waals surface area contributed by atoms with E-state index < -0.39 is 15.9 Å². The average molecular weight is 376 g/mol. The van der Waals surface area contributed by atoms with Crippen LogP contribution in [0, 0.1) is 6.92 Å². The van der Waals surface area contributed by atoms with E-state index in [1.165, 1.54) is 30.3 Å². The zero-order chi connectivity index (χ0) is 18.6. The largest absolute Gasteiger partial charge is 0.361 e. The van der Waals surface area contributed by atoms with E-state index in [4.69, 9.17) is 4.52 Å². The van der Waals surface area contributed by atoms with E-state index in [-0.39, 0.29) is 10.6 Å². The van der Waals surface area contributed by atoms with E-state index in [1.807, 2.05) is 0 Å². The number of aliphatic imine (C=N–C) groups is 1. The summed E-state index contributed by atoms with van der Waals surface area (Å²) in [7, 11) is -3.69. The van der Waals surface area contributed by atoms with Gasteiger partial charge in [0.2, 0.25) is 0 Å². The van der Waals surface area contributed by atoms with Gasteiger partial charge in [-0.1, -0.05) is 11.6 Å². The second kappa shape index (κ2) is 7.69. The fourth-order valence-corrected chi connectivity index (χ4v) is 3.65. The van der Waals surface area contributed by atoms with Gasteiger partial charge in [-0.2, -0.15) is 0 Å². The fraction of sp³-hybridized carbons (Fsp3) is 0.353. The first-order valence-electron chi connectivity index (χ1n) is 8.35. The molecule has 1 amide bonds. The monoisotopic (exact) mass is 376 g/mol. The lowest BCUT2D eigenvalue weighted by atomic mass is 10.2. The topological polar surface area (TPSA) is 114 Å². The fourth-order valence-electron chi connectivity index (χ4n) is 2.56. The minimum absolute atomic E-state index is 0.111. The van der Waals surface area contributed by atoms with Gasteiger partial charge in [-0.15, -0.1) is 0 Å². The highest BCUT2D eigenvalue weighted by Gasteiger charge is 2.18. The smallest absolute Gasteiger partial charge is 0.277 e. The number of carbonyl (C=O) groups is 1. The minimum Gasteiger partial charge on any atom is -0.361 e. The van der Waals surface area contributed by atoms with E-state index in [1.54, 1.807) is 6.92 Å². The van der Waals surface area contributed by atoms with Gasteiger partial charge in [0.05, 0.1) is 4.90 Å². The molecule has 1 aliphatic heterocycles. The molecule has 8 nitrogen and oxygen atoms in total. The molecule has 0 saturated carbocycles. The molecule has 0 radical (unpaired) electrons. The summed E-state index contributed by atoms with van der Waals surface area (Å²) in [5, 5.41) is 6.27. The highest BCUT2D eigenvalue weighted by atomic mass is 32.2. The second-order valence-electron chi connectivity index (χ2n) is 6.05. The normalized spacial score (nSPS) is 15.0. The Balaban J connectivity index is 1.68. The molecular formula is C17H20N4O4S. The van der Waals surface area contributed by atoms with E-state index in [9.17, 15) is 13.2 Å². The quantitative estimate of drug-likeness (QED) is 0.851. The molecule has 138 valence electrons. The van der Waals surface area contributed by atoms with Gasteiger partial charge in [0.1, 0.15) is 11.6 Å². The van der Waals surface area contributed by atoms with Crippen molar-refractivity contribution in [3.63, 3.8) is 0 Å². The van der Waals surface area contributed by atoms with Crippen molar-refractivity contribution in [1.82, 2.24) is 9.88 Å². The summed E-state index contributed by atoms with van der Waals surface area (Å²) >= 11 is 0. The van der Waals surface area contributed by atoms with Crippen LogP contribution >= 0.6 is 0 Å². The lowest BCUT2D eigenvalue weighted by molar-refractivity contribution is 0.101. The first kappa shape index (κ1) is 18.1. The lowest BCUT2D eigenvalue weighted by Crippen LogP contribution is -2.30. The van der Waals surface area contributed by atoms with Crippen molar-refractivity contribution in [2.75, 3.05) is 11.9 Å². The van der Waals surface area contributed by atoms with Gasteiger partial charge in [0.15, 0.2) is 5.69 Å². The van der Waals surface area contributed by atoms with Gasteiger partial charge < -0.3 is 9.84 Å². The van der Waals surface area contributed by atoms with Crippen LogP contribution in [0.15, 0.2) is 44.7 Å². The number of amidine groups is 1. The molecule has 2 heterocycles. The molecule has 1 aromatic carbocycles. The highest BCUT2D eigenvalue weighted by molar-refractivity contribution is 7.90. The van der Waals surface area contributed by atoms with Crippen LogP contribution in [0.25, 0.3) is 0 Å². The Hall–Kier alpha value is -2.68. The summed E-state index contributed by atoms with van der Waals surface area (Å²) in [6, 6.07) is 7.43. The third kappa shape index (κ3) is 4.48. The molecule has 1 aliphatic rings. The van der Waals surface area contributed by atoms with Crippen LogP contribution in [0.3, 0.4) is 0 Å². The Morgan fingerprint density at radius 1 is 1.15 bits per heavy atom. The molecule has 0 bridgehead atoms. The molecule has 0 unspecified atom stereocenters. The number of carbonyl (C=O) groups excluding carboxylic acids is 1. The number of anilines is 1. The summed E-state index contributed by atoms with van der Waals surface area (Å²) in [6.45, 7) is 2.33. The van der Waals surface area contributed by atoms with Crippen molar-refractivity contribution in [2.24, 2.45) is 4.99 Å². The third-order valence-electron chi connectivity index (χ3n) is 3.91. The zero-order valence-corrected chi connectivity index (χ0v) is 15.2. The molecular weight excluding hydrogens is 356 g/mol. The standard InChI is InChI=1S/C17H20N4O4S/c1-12-11-15(20-25-12)17(22)19-13-6-8-14(9-7-13)26(23,24)21-16-5-3-2-4-10-18-16/h6-9,11H,2-5,10H2,1H3,(H,18,21)(H,19,22). The number of nitrogens with one attached hydrogen (secondary N) is 2. The van der Waals surface area contributed by atoms with Crippen molar-refractivity contribution in [2.45, 2.75) is 37.5 Å². The molecule has 1 aromatic heterocycles. The number of benzene rings is 1. The molecule has 0 spiro atoms. The van der Waals surface area contributed by atoms with Crippen LogP contribution in [0.5, 0.6) is 0 Å². The average Bonchev–Trinajstić information content (AvgIpc) is 2.88. The molecule has 9 heteroatoms. The van der Waals surface area contributed by atoms with Gasteiger partial charge in [-0.25, -0.2) is 8.42 Å². The number of hydrogen-bond donors (Lipinski definition) is 2. The van der Waals surface area contributed by atoms with Crippen molar-refractivity contribution in [3.05, 3.63) is 41.8 Å². The van der Waals surface area contributed by atoms with E-state index in [0.717, 1.165) is 19.3 Å². The third-order valence-corrected chi connectivity index (χ3v) is 5.31. The predicted molar refractivity (Wildman–Crippen MR) is 96.7 cm³/mol. The van der Waals surface area contributed by atoms with Gasteiger partial charge in [-0.3, -0.25) is 14.5 Å². The Bertz CT molecular complexity index is 916. The maximum Gasteiger partial charge on any atom is 0.277 e. The number of amides is 1. The van der Waals surface area contributed by atoms with Crippen molar-refractivity contribution in [1.29, 1.82) is 0 Å². The molecule has 0 aliphatic carbocycles. The first-order valence-corrected chi connectivity index (χ1v) is 9.83. The van der Waals surface area contributed by atoms with Crippen molar-refractivity contribution < 1.29 is 17.7 Å². The number of aromatic nitrogens is 1. The summed E-state index contributed by atoms with van der Waals surface area (Å²) < 4.78 is 32.3. The summed E-state index contributed by atoms with van der Waals surface area (Å²) in [5.74, 6) is 0.605. The number of nitrogens with zero attached hydrogens (tertiary/aromatic N) is 2. The Morgan fingerprint density at radius 3 is 2.62 bits per heavy atom. The molecule has 0 fully saturated rings. The maximum atomic E-state index is 12.5. The van der Waals surface area contributed by atoms with E-state index >= 15 is 0 Å². The SMILES string of the molecule is Cc1cc(C(=O)Nc2ccc(S(=O)(=O)NC3=NCCCCC3)cc2)no1. The van der Waals surface area contributed by atoms with Crippen molar-refractivity contribution in [3.8, 4) is 0 Å². The van der Waals surface area contributed by atoms with Crippen LogP contribution in [-0.2, 0) is 10.0 Å². The van der Waals surface area contributed by atoms with Crippen LogP contribution in [-0.4, -0.2) is 31.9 Å². The summed E-state index contributed by atoms with van der Waals surface area (Å²) in [6.07, 6.45) is 3.58. The van der Waals surface area contributed by atoms with Gasteiger partial charge >= 0.3 is 0 Å². The van der Waals surface area contributed by atoms with Crippen LogP contribution < -0.4 is 10.0 Å². The molecule has 3 rings (SSSR count). The second-order valence-corrected chi connectivity index (χ2v) is 7.73. The first-order chi connectivity index (χ1) is 12.4. The Kier molecular flexibility index (Phi) is 5.36. The predicted octanol–water partition coefficient (Wildman–Crippen LogP) is 2.49. The van der Waals surface area contributed by atoms with Crippen LogP contribution in [0.4, 0.5) is 5.69 Å². The summed E-state index contributed by atoms with van der Waals surface area (Å²) in [4.78, 5) is 16.4. The van der Waals surface area contributed by atoms with Gasteiger partial charge in [-0.05, 0) is 44.0 Å².